The van der Waals surface area contributed by atoms with E-state index in [0.29, 0.717) is 24.2 Å². The summed E-state index contributed by atoms with van der Waals surface area (Å²) >= 11 is 0. The Morgan fingerprint density at radius 1 is 1.04 bits per heavy atom. The number of hydrogen-bond donors (Lipinski definition) is 1. The van der Waals surface area contributed by atoms with Crippen molar-refractivity contribution in [2.45, 2.75) is 19.9 Å². The van der Waals surface area contributed by atoms with Crippen LogP contribution < -0.4 is 5.32 Å². The zero-order valence-electron chi connectivity index (χ0n) is 13.6. The number of carbonyl (C=O) groups is 2. The summed E-state index contributed by atoms with van der Waals surface area (Å²) in [6.45, 7) is 3.00. The molecule has 0 fully saturated rings. The number of Topliss-reactive ketones (excluding diaryl/α,β-unsaturated/α-hetero) is 1. The van der Waals surface area contributed by atoms with Crippen LogP contribution in [-0.4, -0.2) is 30.2 Å². The standard InChI is InChI=1S/C19H22N2O2/c1-15(22)17-9-6-10-18(13-17)20-19(23)11-12-21(2)14-16-7-4-3-5-8-16/h3-10,13H,11-12,14H2,1-2H3,(H,20,23). The molecule has 1 N–H and O–H groups in total. The Bertz CT molecular complexity index is 668. The molecule has 4 nitrogen and oxygen atoms in total. The van der Waals surface area contributed by atoms with Crippen molar-refractivity contribution in [3.63, 3.8) is 0 Å². The van der Waals surface area contributed by atoms with E-state index in [1.54, 1.807) is 24.3 Å². The molecule has 0 saturated carbocycles. The number of ketones is 1. The minimum atomic E-state index is -0.0504. The fourth-order valence-corrected chi connectivity index (χ4v) is 2.31. The zero-order chi connectivity index (χ0) is 16.7. The van der Waals surface area contributed by atoms with Crippen molar-refractivity contribution in [2.24, 2.45) is 0 Å². The number of hydrogen-bond acceptors (Lipinski definition) is 3. The first-order chi connectivity index (χ1) is 11.0. The molecule has 2 rings (SSSR count). The lowest BCUT2D eigenvalue weighted by Crippen LogP contribution is -2.24. The van der Waals surface area contributed by atoms with E-state index >= 15 is 0 Å². The van der Waals surface area contributed by atoms with Crippen molar-refractivity contribution >= 4 is 17.4 Å². The SMILES string of the molecule is CC(=O)c1cccc(NC(=O)CCN(C)Cc2ccccc2)c1. The van der Waals surface area contributed by atoms with Crippen LogP contribution in [0.2, 0.25) is 0 Å². The summed E-state index contributed by atoms with van der Waals surface area (Å²) in [5, 5.41) is 2.84. The smallest absolute Gasteiger partial charge is 0.225 e. The lowest BCUT2D eigenvalue weighted by atomic mass is 10.1. The zero-order valence-corrected chi connectivity index (χ0v) is 13.6. The van der Waals surface area contributed by atoms with Gasteiger partial charge in [-0.3, -0.25) is 9.59 Å². The van der Waals surface area contributed by atoms with Crippen LogP contribution in [-0.2, 0) is 11.3 Å². The van der Waals surface area contributed by atoms with E-state index in [0.717, 1.165) is 6.54 Å². The van der Waals surface area contributed by atoms with Crippen LogP contribution in [0.4, 0.5) is 5.69 Å². The van der Waals surface area contributed by atoms with Crippen molar-refractivity contribution in [3.05, 3.63) is 65.7 Å². The molecule has 0 heterocycles. The van der Waals surface area contributed by atoms with Gasteiger partial charge in [-0.15, -0.1) is 0 Å². The van der Waals surface area contributed by atoms with E-state index in [4.69, 9.17) is 0 Å². The van der Waals surface area contributed by atoms with Crippen LogP contribution >= 0.6 is 0 Å². The number of carbonyl (C=O) groups excluding carboxylic acids is 2. The van der Waals surface area contributed by atoms with Gasteiger partial charge in [-0.25, -0.2) is 0 Å². The van der Waals surface area contributed by atoms with Crippen LogP contribution in [0.15, 0.2) is 54.6 Å². The molecule has 0 aliphatic rings. The number of rotatable bonds is 7. The van der Waals surface area contributed by atoms with Gasteiger partial charge in [0.1, 0.15) is 0 Å². The monoisotopic (exact) mass is 310 g/mol. The molecule has 0 radical (unpaired) electrons. The van der Waals surface area contributed by atoms with Gasteiger partial charge in [-0.1, -0.05) is 42.5 Å². The minimum Gasteiger partial charge on any atom is -0.326 e. The summed E-state index contributed by atoms with van der Waals surface area (Å²) in [6.07, 6.45) is 0.410. The number of benzene rings is 2. The van der Waals surface area contributed by atoms with Crippen LogP contribution in [0.5, 0.6) is 0 Å². The number of nitrogens with one attached hydrogen (secondary N) is 1. The molecule has 0 aliphatic carbocycles. The van der Waals surface area contributed by atoms with E-state index < -0.39 is 0 Å². The van der Waals surface area contributed by atoms with Crippen molar-refractivity contribution < 1.29 is 9.59 Å². The number of anilines is 1. The van der Waals surface area contributed by atoms with Crippen LogP contribution in [0, 0.1) is 0 Å². The molecule has 1 amide bonds. The van der Waals surface area contributed by atoms with Crippen LogP contribution in [0.3, 0.4) is 0 Å². The Balaban J connectivity index is 1.81. The second kappa shape index (κ2) is 8.25. The minimum absolute atomic E-state index is 0.0105. The molecular weight excluding hydrogens is 288 g/mol. The van der Waals surface area contributed by atoms with Crippen molar-refractivity contribution in [2.75, 3.05) is 18.9 Å². The molecule has 0 saturated heterocycles. The average Bonchev–Trinajstić information content (AvgIpc) is 2.54. The normalized spacial score (nSPS) is 10.6. The third-order valence-electron chi connectivity index (χ3n) is 3.57. The first-order valence-corrected chi connectivity index (χ1v) is 7.68. The van der Waals surface area contributed by atoms with Gasteiger partial charge in [0.15, 0.2) is 5.78 Å². The maximum atomic E-state index is 12.0. The Morgan fingerprint density at radius 3 is 2.48 bits per heavy atom. The number of amides is 1. The highest BCUT2D eigenvalue weighted by atomic mass is 16.1. The quantitative estimate of drug-likeness (QED) is 0.798. The first-order valence-electron chi connectivity index (χ1n) is 7.68. The maximum Gasteiger partial charge on any atom is 0.225 e. The summed E-state index contributed by atoms with van der Waals surface area (Å²) in [5.41, 5.74) is 2.49. The molecule has 0 spiro atoms. The molecule has 23 heavy (non-hydrogen) atoms. The molecule has 2 aromatic carbocycles. The molecule has 120 valence electrons. The third kappa shape index (κ3) is 5.68. The average molecular weight is 310 g/mol. The molecule has 0 aromatic heterocycles. The van der Waals surface area contributed by atoms with Gasteiger partial charge < -0.3 is 10.2 Å². The Hall–Kier alpha value is -2.46. The highest BCUT2D eigenvalue weighted by Gasteiger charge is 2.07. The van der Waals surface area contributed by atoms with E-state index in [1.165, 1.54) is 12.5 Å². The molecule has 0 bridgehead atoms. The molecule has 2 aromatic rings. The highest BCUT2D eigenvalue weighted by Crippen LogP contribution is 2.11. The van der Waals surface area contributed by atoms with E-state index in [-0.39, 0.29) is 11.7 Å². The summed E-state index contributed by atoms with van der Waals surface area (Å²) in [4.78, 5) is 25.5. The summed E-state index contributed by atoms with van der Waals surface area (Å²) < 4.78 is 0. The predicted molar refractivity (Wildman–Crippen MR) is 92.5 cm³/mol. The summed E-state index contributed by atoms with van der Waals surface area (Å²) in [7, 11) is 2.00. The fraction of sp³-hybridized carbons (Fsp3) is 0.263. The Morgan fingerprint density at radius 2 is 1.78 bits per heavy atom. The second-order valence-corrected chi connectivity index (χ2v) is 5.66. The van der Waals surface area contributed by atoms with Gasteiger partial charge in [0.2, 0.25) is 5.91 Å². The second-order valence-electron chi connectivity index (χ2n) is 5.66. The molecule has 0 aliphatic heterocycles. The summed E-state index contributed by atoms with van der Waals surface area (Å²) in [5.74, 6) is -0.0608. The van der Waals surface area contributed by atoms with Gasteiger partial charge >= 0.3 is 0 Å². The largest absolute Gasteiger partial charge is 0.326 e. The van der Waals surface area contributed by atoms with Crippen molar-refractivity contribution in [1.29, 1.82) is 0 Å². The van der Waals surface area contributed by atoms with E-state index in [2.05, 4.69) is 22.3 Å². The fourth-order valence-electron chi connectivity index (χ4n) is 2.31. The van der Waals surface area contributed by atoms with Gasteiger partial charge in [0.05, 0.1) is 0 Å². The van der Waals surface area contributed by atoms with Crippen LogP contribution in [0.25, 0.3) is 0 Å². The first kappa shape index (κ1) is 16.9. The molecule has 0 atom stereocenters. The lowest BCUT2D eigenvalue weighted by molar-refractivity contribution is -0.116. The predicted octanol–water partition coefficient (Wildman–Crippen LogP) is 3.35. The summed E-state index contributed by atoms with van der Waals surface area (Å²) in [6, 6.07) is 17.2. The van der Waals surface area contributed by atoms with Crippen LogP contribution in [0.1, 0.15) is 29.3 Å². The third-order valence-corrected chi connectivity index (χ3v) is 3.57. The van der Waals surface area contributed by atoms with Gasteiger partial charge in [-0.05, 0) is 31.7 Å². The Kier molecular flexibility index (Phi) is 6.06. The van der Waals surface area contributed by atoms with Gasteiger partial charge in [-0.2, -0.15) is 0 Å². The highest BCUT2D eigenvalue weighted by molar-refractivity contribution is 5.97. The molecular formula is C19H22N2O2. The van der Waals surface area contributed by atoms with Gasteiger partial charge in [0, 0.05) is 30.8 Å². The molecule has 4 heteroatoms. The lowest BCUT2D eigenvalue weighted by Gasteiger charge is -2.16. The van der Waals surface area contributed by atoms with Crippen molar-refractivity contribution in [1.82, 2.24) is 4.90 Å². The molecule has 0 unspecified atom stereocenters. The van der Waals surface area contributed by atoms with Crippen molar-refractivity contribution in [3.8, 4) is 0 Å². The van der Waals surface area contributed by atoms with Gasteiger partial charge in [0.25, 0.3) is 0 Å². The van der Waals surface area contributed by atoms with E-state index in [9.17, 15) is 9.59 Å². The maximum absolute atomic E-state index is 12.0. The number of nitrogens with zero attached hydrogens (tertiary/aromatic N) is 1. The van der Waals surface area contributed by atoms with E-state index in [1.807, 2.05) is 25.2 Å². The topological polar surface area (TPSA) is 49.4 Å². The Labute approximate surface area is 137 Å².